The van der Waals surface area contributed by atoms with Gasteiger partial charge in [-0.05, 0) is 36.1 Å². The van der Waals surface area contributed by atoms with E-state index in [1.54, 1.807) is 23.9 Å². The summed E-state index contributed by atoms with van der Waals surface area (Å²) in [5.41, 5.74) is 0.596. The quantitative estimate of drug-likeness (QED) is 0.447. The fraction of sp³-hybridized carbons (Fsp3) is 0.188. The molecule has 0 aliphatic carbocycles. The number of hydrogen-bond acceptors (Lipinski definition) is 5. The van der Waals surface area contributed by atoms with E-state index < -0.39 is 4.92 Å². The van der Waals surface area contributed by atoms with E-state index in [-0.39, 0.29) is 18.2 Å². The van der Waals surface area contributed by atoms with E-state index in [4.69, 9.17) is 16.3 Å². The number of rotatable bonds is 7. The summed E-state index contributed by atoms with van der Waals surface area (Å²) in [4.78, 5) is 23.0. The molecule has 0 saturated carbocycles. The normalized spacial score (nSPS) is 10.2. The zero-order valence-electron chi connectivity index (χ0n) is 12.8. The van der Waals surface area contributed by atoms with Crippen LogP contribution in [0.2, 0.25) is 5.02 Å². The number of nitro groups is 1. The number of hydrogen-bond donors (Lipinski definition) is 1. The number of thioether (sulfide) groups is 1. The van der Waals surface area contributed by atoms with Gasteiger partial charge in [-0.1, -0.05) is 18.5 Å². The maximum absolute atomic E-state index is 12.0. The summed E-state index contributed by atoms with van der Waals surface area (Å²) in [6.45, 7) is 1.81. The zero-order chi connectivity index (χ0) is 17.5. The van der Waals surface area contributed by atoms with Crippen LogP contribution < -0.4 is 10.1 Å². The first-order valence-electron chi connectivity index (χ1n) is 7.09. The van der Waals surface area contributed by atoms with Gasteiger partial charge in [0.05, 0.1) is 10.6 Å². The van der Waals surface area contributed by atoms with Crippen LogP contribution in [0.3, 0.4) is 0 Å². The Balaban J connectivity index is 1.96. The third kappa shape index (κ3) is 5.14. The van der Waals surface area contributed by atoms with E-state index in [9.17, 15) is 14.9 Å². The zero-order valence-corrected chi connectivity index (χ0v) is 14.4. The molecule has 1 amide bonds. The molecule has 0 unspecified atom stereocenters. The van der Waals surface area contributed by atoms with Crippen LogP contribution in [0, 0.1) is 10.1 Å². The largest absolute Gasteiger partial charge is 0.484 e. The van der Waals surface area contributed by atoms with Crippen LogP contribution in [-0.4, -0.2) is 23.2 Å². The minimum atomic E-state index is -0.497. The molecule has 2 aromatic rings. The molecule has 0 radical (unpaired) electrons. The molecule has 24 heavy (non-hydrogen) atoms. The molecule has 1 N–H and O–H groups in total. The molecule has 0 bridgehead atoms. The molecule has 0 aromatic heterocycles. The minimum Gasteiger partial charge on any atom is -0.484 e. The number of nitrogens with zero attached hydrogens (tertiary/aromatic N) is 1. The van der Waals surface area contributed by atoms with E-state index in [1.807, 2.05) is 13.0 Å². The fourth-order valence-corrected chi connectivity index (χ4v) is 2.79. The van der Waals surface area contributed by atoms with E-state index >= 15 is 0 Å². The lowest BCUT2D eigenvalue weighted by Crippen LogP contribution is -2.20. The van der Waals surface area contributed by atoms with Crippen molar-refractivity contribution < 1.29 is 14.5 Å². The highest BCUT2D eigenvalue weighted by molar-refractivity contribution is 7.99. The van der Waals surface area contributed by atoms with Gasteiger partial charge in [0, 0.05) is 22.1 Å². The summed E-state index contributed by atoms with van der Waals surface area (Å²) in [7, 11) is 0. The Morgan fingerprint density at radius 3 is 2.62 bits per heavy atom. The van der Waals surface area contributed by atoms with Gasteiger partial charge in [0.1, 0.15) is 5.75 Å². The van der Waals surface area contributed by atoms with Gasteiger partial charge >= 0.3 is 0 Å². The second-order valence-electron chi connectivity index (χ2n) is 4.66. The average Bonchev–Trinajstić information content (AvgIpc) is 2.56. The van der Waals surface area contributed by atoms with Crippen molar-refractivity contribution in [2.45, 2.75) is 11.8 Å². The minimum absolute atomic E-state index is 0.0352. The predicted octanol–water partition coefficient (Wildman–Crippen LogP) is 4.38. The second kappa shape index (κ2) is 8.56. The number of benzene rings is 2. The second-order valence-corrected chi connectivity index (χ2v) is 6.40. The first kappa shape index (κ1) is 18.1. The molecule has 0 aliphatic heterocycles. The first-order chi connectivity index (χ1) is 11.5. The van der Waals surface area contributed by atoms with Crippen molar-refractivity contribution in [1.82, 2.24) is 0 Å². The van der Waals surface area contributed by atoms with Crippen LogP contribution in [0.25, 0.3) is 0 Å². The van der Waals surface area contributed by atoms with E-state index in [0.717, 1.165) is 10.6 Å². The van der Waals surface area contributed by atoms with Crippen LogP contribution in [0.4, 0.5) is 11.4 Å². The molecule has 0 fully saturated rings. The van der Waals surface area contributed by atoms with Crippen LogP contribution in [0.15, 0.2) is 47.4 Å². The van der Waals surface area contributed by atoms with Gasteiger partial charge in [0.25, 0.3) is 11.6 Å². The Bertz CT molecular complexity index is 737. The van der Waals surface area contributed by atoms with Gasteiger partial charge in [0.2, 0.25) is 0 Å². The number of carbonyl (C=O) groups is 1. The van der Waals surface area contributed by atoms with Crippen molar-refractivity contribution in [3.05, 3.63) is 57.6 Å². The highest BCUT2D eigenvalue weighted by Crippen LogP contribution is 2.29. The van der Waals surface area contributed by atoms with Gasteiger partial charge in [-0.2, -0.15) is 0 Å². The Labute approximate surface area is 148 Å². The van der Waals surface area contributed by atoms with Crippen molar-refractivity contribution >= 4 is 40.6 Å². The molecule has 0 saturated heterocycles. The van der Waals surface area contributed by atoms with Crippen molar-refractivity contribution in [3.63, 3.8) is 0 Å². The van der Waals surface area contributed by atoms with Gasteiger partial charge in [0.15, 0.2) is 6.61 Å². The molecule has 0 heterocycles. The SMILES string of the molecule is CCSc1ccc(Cl)cc1NC(=O)COc1ccc([N+](=O)[O-])cc1. The lowest BCUT2D eigenvalue weighted by atomic mass is 10.3. The molecule has 6 nitrogen and oxygen atoms in total. The topological polar surface area (TPSA) is 81.5 Å². The summed E-state index contributed by atoms with van der Waals surface area (Å²) in [6, 6.07) is 10.8. The summed E-state index contributed by atoms with van der Waals surface area (Å²) in [6.07, 6.45) is 0. The first-order valence-corrected chi connectivity index (χ1v) is 8.45. The summed E-state index contributed by atoms with van der Waals surface area (Å²) >= 11 is 7.56. The molecule has 2 rings (SSSR count). The molecule has 0 spiro atoms. The lowest BCUT2D eigenvalue weighted by molar-refractivity contribution is -0.384. The van der Waals surface area contributed by atoms with Gasteiger partial charge in [-0.15, -0.1) is 11.8 Å². The molecular weight excluding hydrogens is 352 g/mol. The summed E-state index contributed by atoms with van der Waals surface area (Å²) < 4.78 is 5.33. The lowest BCUT2D eigenvalue weighted by Gasteiger charge is -2.11. The molecular formula is C16H15ClN2O4S. The molecule has 8 heteroatoms. The maximum Gasteiger partial charge on any atom is 0.269 e. The third-order valence-corrected chi connectivity index (χ3v) is 4.12. The Morgan fingerprint density at radius 2 is 2.00 bits per heavy atom. The highest BCUT2D eigenvalue weighted by atomic mass is 35.5. The van der Waals surface area contributed by atoms with Crippen LogP contribution in [0.1, 0.15) is 6.92 Å². The number of halogens is 1. The Morgan fingerprint density at radius 1 is 1.29 bits per heavy atom. The average molecular weight is 367 g/mol. The predicted molar refractivity (Wildman–Crippen MR) is 95.1 cm³/mol. The number of anilines is 1. The number of ether oxygens (including phenoxy) is 1. The Kier molecular flexibility index (Phi) is 6.45. The molecule has 0 atom stereocenters. The number of carbonyl (C=O) groups excluding carboxylic acids is 1. The van der Waals surface area contributed by atoms with E-state index in [2.05, 4.69) is 5.32 Å². The Hall–Kier alpha value is -2.25. The summed E-state index contributed by atoms with van der Waals surface area (Å²) in [5.74, 6) is 0.905. The number of non-ortho nitro benzene ring substituents is 1. The molecule has 2 aromatic carbocycles. The van der Waals surface area contributed by atoms with Crippen LogP contribution >= 0.6 is 23.4 Å². The maximum atomic E-state index is 12.0. The summed E-state index contributed by atoms with van der Waals surface area (Å²) in [5, 5.41) is 13.9. The highest BCUT2D eigenvalue weighted by Gasteiger charge is 2.10. The smallest absolute Gasteiger partial charge is 0.269 e. The van der Waals surface area contributed by atoms with Gasteiger partial charge in [-0.3, -0.25) is 14.9 Å². The van der Waals surface area contributed by atoms with Crippen molar-refractivity contribution in [3.8, 4) is 5.75 Å². The van der Waals surface area contributed by atoms with Crippen molar-refractivity contribution in [2.24, 2.45) is 0 Å². The van der Waals surface area contributed by atoms with Gasteiger partial charge < -0.3 is 10.1 Å². The van der Waals surface area contributed by atoms with E-state index in [0.29, 0.717) is 16.5 Å². The number of amides is 1. The van der Waals surface area contributed by atoms with Crippen LogP contribution in [-0.2, 0) is 4.79 Å². The number of nitrogens with one attached hydrogen (secondary N) is 1. The van der Waals surface area contributed by atoms with Crippen molar-refractivity contribution in [1.29, 1.82) is 0 Å². The number of nitro benzene ring substituents is 1. The van der Waals surface area contributed by atoms with E-state index in [1.165, 1.54) is 24.3 Å². The molecule has 126 valence electrons. The van der Waals surface area contributed by atoms with Gasteiger partial charge in [-0.25, -0.2) is 0 Å². The third-order valence-electron chi connectivity index (χ3n) is 2.93. The molecule has 0 aliphatic rings. The van der Waals surface area contributed by atoms with Crippen molar-refractivity contribution in [2.75, 3.05) is 17.7 Å². The van der Waals surface area contributed by atoms with Crippen LogP contribution in [0.5, 0.6) is 5.75 Å². The standard InChI is InChI=1S/C16H15ClN2O4S/c1-2-24-15-8-3-11(17)9-14(15)18-16(20)10-23-13-6-4-12(5-7-13)19(21)22/h3-9H,2,10H2,1H3,(H,18,20). The fourth-order valence-electron chi connectivity index (χ4n) is 1.88. The monoisotopic (exact) mass is 366 g/mol.